The first-order chi connectivity index (χ1) is 9.24. The second-order valence-electron chi connectivity index (χ2n) is 5.57. The number of aliphatic hydroxyl groups excluding tert-OH is 1. The average Bonchev–Trinajstić information content (AvgIpc) is 2.72. The first-order valence-corrected chi connectivity index (χ1v) is 7.68. The molecule has 1 aromatic heterocycles. The highest BCUT2D eigenvalue weighted by Gasteiger charge is 2.22. The van der Waals surface area contributed by atoms with E-state index in [4.69, 9.17) is 4.74 Å². The molecule has 0 aliphatic heterocycles. The van der Waals surface area contributed by atoms with Gasteiger partial charge in [0.15, 0.2) is 0 Å². The Morgan fingerprint density at radius 1 is 1.37 bits per heavy atom. The van der Waals surface area contributed by atoms with Gasteiger partial charge in [-0.15, -0.1) is 0 Å². The molecular weight excluding hydrogens is 238 g/mol. The van der Waals surface area contributed by atoms with Crippen LogP contribution in [-0.4, -0.2) is 22.9 Å². The lowest BCUT2D eigenvalue weighted by molar-refractivity contribution is 0.125. The van der Waals surface area contributed by atoms with Crippen molar-refractivity contribution in [3.05, 3.63) is 23.0 Å². The van der Waals surface area contributed by atoms with Crippen LogP contribution >= 0.6 is 0 Å². The predicted molar refractivity (Wildman–Crippen MR) is 77.4 cm³/mol. The van der Waals surface area contributed by atoms with Crippen molar-refractivity contribution in [3.63, 3.8) is 0 Å². The zero-order chi connectivity index (χ0) is 13.7. The van der Waals surface area contributed by atoms with E-state index in [0.717, 1.165) is 57.4 Å². The average molecular weight is 265 g/mol. The van der Waals surface area contributed by atoms with E-state index in [9.17, 15) is 5.11 Å². The lowest BCUT2D eigenvalue weighted by Crippen LogP contribution is -2.13. The lowest BCUT2D eigenvalue weighted by atomic mass is 9.95. The van der Waals surface area contributed by atoms with E-state index in [1.807, 2.05) is 0 Å². The molecule has 0 saturated heterocycles. The molecule has 1 atom stereocenters. The molecule has 0 radical (unpaired) electrons. The highest BCUT2D eigenvalue weighted by atomic mass is 16.5. The molecule has 1 N–H and O–H groups in total. The van der Waals surface area contributed by atoms with Crippen LogP contribution in [0, 0.1) is 6.92 Å². The molecule has 1 heterocycles. The molecule has 1 aliphatic carbocycles. The molecule has 108 valence electrons. The molecule has 0 fully saturated rings. The monoisotopic (exact) mass is 265 g/mol. The van der Waals surface area contributed by atoms with Gasteiger partial charge in [-0.2, -0.15) is 0 Å². The van der Waals surface area contributed by atoms with Crippen molar-refractivity contribution in [2.75, 3.05) is 13.2 Å². The SMILES string of the molecule is CCCCOCCCn1c(C)cc2c1CCCC2O. The van der Waals surface area contributed by atoms with Crippen molar-refractivity contribution in [2.24, 2.45) is 0 Å². The summed E-state index contributed by atoms with van der Waals surface area (Å²) in [5.41, 5.74) is 3.79. The number of fused-ring (bicyclic) bond motifs is 1. The summed E-state index contributed by atoms with van der Waals surface area (Å²) in [5.74, 6) is 0. The molecule has 2 rings (SSSR count). The summed E-state index contributed by atoms with van der Waals surface area (Å²) < 4.78 is 7.99. The number of nitrogens with zero attached hydrogens (tertiary/aromatic N) is 1. The lowest BCUT2D eigenvalue weighted by Gasteiger charge is -2.20. The van der Waals surface area contributed by atoms with Gasteiger partial charge in [0.05, 0.1) is 6.10 Å². The van der Waals surface area contributed by atoms with Gasteiger partial charge in [0.25, 0.3) is 0 Å². The fraction of sp³-hybridized carbons (Fsp3) is 0.750. The fourth-order valence-corrected chi connectivity index (χ4v) is 2.93. The minimum absolute atomic E-state index is 0.246. The maximum atomic E-state index is 10.0. The summed E-state index contributed by atoms with van der Waals surface area (Å²) >= 11 is 0. The Morgan fingerprint density at radius 2 is 2.16 bits per heavy atom. The molecule has 0 amide bonds. The van der Waals surface area contributed by atoms with Crippen LogP contribution in [-0.2, 0) is 17.7 Å². The van der Waals surface area contributed by atoms with Crippen molar-refractivity contribution in [2.45, 2.75) is 65.0 Å². The predicted octanol–water partition coefficient (Wildman–Crippen LogP) is 3.37. The van der Waals surface area contributed by atoms with Crippen LogP contribution in [0.25, 0.3) is 0 Å². The highest BCUT2D eigenvalue weighted by Crippen LogP contribution is 2.32. The molecule has 3 nitrogen and oxygen atoms in total. The number of aromatic nitrogens is 1. The van der Waals surface area contributed by atoms with Crippen molar-refractivity contribution < 1.29 is 9.84 Å². The van der Waals surface area contributed by atoms with Crippen LogP contribution in [0.3, 0.4) is 0 Å². The van der Waals surface area contributed by atoms with Gasteiger partial charge in [0.2, 0.25) is 0 Å². The van der Waals surface area contributed by atoms with Gasteiger partial charge in [-0.3, -0.25) is 0 Å². The summed E-state index contributed by atoms with van der Waals surface area (Å²) in [6, 6.07) is 2.16. The van der Waals surface area contributed by atoms with Gasteiger partial charge in [0.1, 0.15) is 0 Å². The third-order valence-electron chi connectivity index (χ3n) is 4.01. The topological polar surface area (TPSA) is 34.4 Å². The molecule has 1 unspecified atom stereocenters. The second kappa shape index (κ2) is 7.11. The van der Waals surface area contributed by atoms with Crippen molar-refractivity contribution in [1.29, 1.82) is 0 Å². The quantitative estimate of drug-likeness (QED) is 0.767. The third kappa shape index (κ3) is 3.61. The number of rotatable bonds is 7. The summed E-state index contributed by atoms with van der Waals surface area (Å²) in [5, 5.41) is 10.0. The van der Waals surface area contributed by atoms with E-state index < -0.39 is 0 Å². The third-order valence-corrected chi connectivity index (χ3v) is 4.01. The zero-order valence-corrected chi connectivity index (χ0v) is 12.3. The minimum Gasteiger partial charge on any atom is -0.388 e. The van der Waals surface area contributed by atoms with Crippen LogP contribution in [0.15, 0.2) is 6.07 Å². The molecule has 0 bridgehead atoms. The van der Waals surface area contributed by atoms with Crippen LogP contribution < -0.4 is 0 Å². The van der Waals surface area contributed by atoms with E-state index in [1.54, 1.807) is 0 Å². The maximum Gasteiger partial charge on any atom is 0.0807 e. The van der Waals surface area contributed by atoms with Gasteiger partial charge in [-0.25, -0.2) is 0 Å². The molecule has 0 aromatic carbocycles. The Hall–Kier alpha value is -0.800. The summed E-state index contributed by atoms with van der Waals surface area (Å²) in [6.07, 6.45) is 6.29. The van der Waals surface area contributed by atoms with Gasteiger partial charge < -0.3 is 14.4 Å². The van der Waals surface area contributed by atoms with E-state index in [1.165, 1.54) is 17.8 Å². The van der Waals surface area contributed by atoms with Gasteiger partial charge in [-0.05, 0) is 45.1 Å². The Bertz CT molecular complexity index is 398. The van der Waals surface area contributed by atoms with E-state index in [0.29, 0.717) is 0 Å². The second-order valence-corrected chi connectivity index (χ2v) is 5.57. The number of aryl methyl sites for hydroxylation is 1. The molecule has 3 heteroatoms. The Balaban J connectivity index is 1.86. The normalized spacial score (nSPS) is 18.6. The fourth-order valence-electron chi connectivity index (χ4n) is 2.93. The first-order valence-electron chi connectivity index (χ1n) is 7.68. The molecular formula is C16H27NO2. The van der Waals surface area contributed by atoms with Crippen molar-refractivity contribution in [3.8, 4) is 0 Å². The highest BCUT2D eigenvalue weighted by molar-refractivity contribution is 5.31. The Morgan fingerprint density at radius 3 is 2.95 bits per heavy atom. The van der Waals surface area contributed by atoms with Crippen LogP contribution in [0.4, 0.5) is 0 Å². The number of hydrogen-bond acceptors (Lipinski definition) is 2. The van der Waals surface area contributed by atoms with Gasteiger partial charge >= 0.3 is 0 Å². The van der Waals surface area contributed by atoms with E-state index in [2.05, 4.69) is 24.5 Å². The number of aliphatic hydroxyl groups is 1. The number of unbranched alkanes of at least 4 members (excludes halogenated alkanes) is 1. The molecule has 19 heavy (non-hydrogen) atoms. The summed E-state index contributed by atoms with van der Waals surface area (Å²) in [4.78, 5) is 0. The maximum absolute atomic E-state index is 10.0. The van der Waals surface area contributed by atoms with Crippen LogP contribution in [0.2, 0.25) is 0 Å². The van der Waals surface area contributed by atoms with Gasteiger partial charge in [-0.1, -0.05) is 13.3 Å². The van der Waals surface area contributed by atoms with Crippen LogP contribution in [0.5, 0.6) is 0 Å². The number of hydrogen-bond donors (Lipinski definition) is 1. The van der Waals surface area contributed by atoms with E-state index >= 15 is 0 Å². The molecule has 1 aliphatic rings. The molecule has 0 saturated carbocycles. The largest absolute Gasteiger partial charge is 0.388 e. The smallest absolute Gasteiger partial charge is 0.0807 e. The summed E-state index contributed by atoms with van der Waals surface area (Å²) in [7, 11) is 0. The minimum atomic E-state index is -0.246. The summed E-state index contributed by atoms with van der Waals surface area (Å²) in [6.45, 7) is 7.07. The first kappa shape index (κ1) is 14.6. The number of ether oxygens (including phenoxy) is 1. The van der Waals surface area contributed by atoms with Crippen molar-refractivity contribution >= 4 is 0 Å². The Kier molecular flexibility index (Phi) is 5.46. The zero-order valence-electron chi connectivity index (χ0n) is 12.3. The van der Waals surface area contributed by atoms with E-state index in [-0.39, 0.29) is 6.10 Å². The molecule has 0 spiro atoms. The standard InChI is InChI=1S/C16H27NO2/c1-3-4-10-19-11-6-9-17-13(2)12-14-15(17)7-5-8-16(14)18/h12,16,18H,3-11H2,1-2H3. The van der Waals surface area contributed by atoms with Gasteiger partial charge in [0, 0.05) is 36.7 Å². The van der Waals surface area contributed by atoms with Crippen molar-refractivity contribution in [1.82, 2.24) is 4.57 Å². The Labute approximate surface area is 116 Å². The molecule has 1 aromatic rings. The van der Waals surface area contributed by atoms with Crippen LogP contribution in [0.1, 0.15) is 62.1 Å².